The topological polar surface area (TPSA) is 50.8 Å². The first kappa shape index (κ1) is 19.3. The molecule has 0 radical (unpaired) electrons. The molecular weight excluding hydrogens is 350 g/mol. The van der Waals surface area contributed by atoms with Crippen LogP contribution in [0.3, 0.4) is 0 Å². The Morgan fingerprint density at radius 3 is 2.33 bits per heavy atom. The van der Waals surface area contributed by atoms with E-state index in [0.717, 1.165) is 31.5 Å². The Hall–Kier alpha value is -2.43. The number of nitriles is 2. The van der Waals surface area contributed by atoms with Crippen LogP contribution < -0.4 is 4.90 Å². The normalized spacial score (nSPS) is 19.3. The third kappa shape index (κ3) is 5.06. The van der Waals surface area contributed by atoms with Gasteiger partial charge in [-0.2, -0.15) is 22.3 Å². The highest BCUT2D eigenvalue weighted by Gasteiger charge is 2.26. The van der Waals surface area contributed by atoms with Gasteiger partial charge in [-0.05, 0) is 47.1 Å². The summed E-state index contributed by atoms with van der Waals surface area (Å²) in [6.07, 6.45) is 7.98. The minimum absolute atomic E-state index is 0.0544. The van der Waals surface area contributed by atoms with Crippen molar-refractivity contribution in [1.82, 2.24) is 0 Å². The molecule has 1 aliphatic carbocycles. The Bertz CT molecular complexity index is 838. The quantitative estimate of drug-likeness (QED) is 0.669. The molecule has 1 saturated heterocycles. The van der Waals surface area contributed by atoms with Crippen molar-refractivity contribution < 1.29 is 0 Å². The van der Waals surface area contributed by atoms with E-state index in [1.807, 2.05) is 30.0 Å². The highest BCUT2D eigenvalue weighted by atomic mass is 32.2. The summed E-state index contributed by atoms with van der Waals surface area (Å²) in [5.41, 5.74) is 4.77. The summed E-state index contributed by atoms with van der Waals surface area (Å²) in [6, 6.07) is 12.8. The molecular formula is C23H25N3S. The summed E-state index contributed by atoms with van der Waals surface area (Å²) in [7, 11) is 0. The van der Waals surface area contributed by atoms with Crippen LogP contribution in [0.25, 0.3) is 6.08 Å². The molecule has 3 rings (SSSR count). The summed E-state index contributed by atoms with van der Waals surface area (Å²) in [6.45, 7) is 6.62. The number of benzene rings is 1. The Labute approximate surface area is 166 Å². The zero-order chi connectivity index (χ0) is 19.3. The Balaban J connectivity index is 1.77. The van der Waals surface area contributed by atoms with Crippen molar-refractivity contribution in [2.24, 2.45) is 5.41 Å². The van der Waals surface area contributed by atoms with Crippen molar-refractivity contribution in [3.05, 3.63) is 58.7 Å². The monoisotopic (exact) mass is 375 g/mol. The lowest BCUT2D eigenvalue weighted by atomic mass is 9.74. The molecule has 4 heteroatoms. The van der Waals surface area contributed by atoms with Crippen LogP contribution >= 0.6 is 11.8 Å². The largest absolute Gasteiger partial charge is 0.370 e. The van der Waals surface area contributed by atoms with Gasteiger partial charge in [0.1, 0.15) is 17.7 Å². The van der Waals surface area contributed by atoms with Gasteiger partial charge in [-0.1, -0.05) is 44.2 Å². The lowest BCUT2D eigenvalue weighted by Crippen LogP contribution is -2.32. The van der Waals surface area contributed by atoms with Crippen LogP contribution in [0.1, 0.15) is 32.3 Å². The van der Waals surface area contributed by atoms with Gasteiger partial charge in [0, 0.05) is 30.3 Å². The molecule has 1 aliphatic heterocycles. The van der Waals surface area contributed by atoms with Crippen LogP contribution in [-0.4, -0.2) is 24.6 Å². The Morgan fingerprint density at radius 2 is 1.70 bits per heavy atom. The molecule has 0 unspecified atom stereocenters. The van der Waals surface area contributed by atoms with E-state index >= 15 is 0 Å². The van der Waals surface area contributed by atoms with E-state index in [4.69, 9.17) is 0 Å². The van der Waals surface area contributed by atoms with Gasteiger partial charge in [-0.3, -0.25) is 0 Å². The molecule has 0 spiro atoms. The van der Waals surface area contributed by atoms with Crippen molar-refractivity contribution in [2.75, 3.05) is 29.5 Å². The van der Waals surface area contributed by atoms with Crippen LogP contribution in [0.5, 0.6) is 0 Å². The van der Waals surface area contributed by atoms with Crippen molar-refractivity contribution in [1.29, 1.82) is 10.5 Å². The molecule has 3 nitrogen and oxygen atoms in total. The number of allylic oxidation sites excluding steroid dienone is 5. The molecule has 2 aliphatic rings. The fourth-order valence-corrected chi connectivity index (χ4v) is 4.62. The average molecular weight is 376 g/mol. The van der Waals surface area contributed by atoms with Crippen molar-refractivity contribution in [3.63, 3.8) is 0 Å². The minimum atomic E-state index is 0.0544. The predicted octanol–water partition coefficient (Wildman–Crippen LogP) is 5.34. The summed E-state index contributed by atoms with van der Waals surface area (Å²) >= 11 is 2.02. The van der Waals surface area contributed by atoms with Crippen LogP contribution in [0, 0.1) is 28.1 Å². The van der Waals surface area contributed by atoms with Gasteiger partial charge in [-0.25, -0.2) is 0 Å². The number of hydrogen-bond donors (Lipinski definition) is 0. The fraction of sp³-hybridized carbons (Fsp3) is 0.391. The highest BCUT2D eigenvalue weighted by molar-refractivity contribution is 7.99. The van der Waals surface area contributed by atoms with Gasteiger partial charge < -0.3 is 4.90 Å². The second-order valence-electron chi connectivity index (χ2n) is 7.89. The Morgan fingerprint density at radius 1 is 1.04 bits per heavy atom. The van der Waals surface area contributed by atoms with Gasteiger partial charge in [0.05, 0.1) is 0 Å². The number of anilines is 1. The number of rotatable bonds is 3. The van der Waals surface area contributed by atoms with E-state index in [9.17, 15) is 10.5 Å². The van der Waals surface area contributed by atoms with Crippen molar-refractivity contribution in [3.8, 4) is 12.1 Å². The molecule has 0 N–H and O–H groups in total. The van der Waals surface area contributed by atoms with Crippen LogP contribution in [-0.2, 0) is 0 Å². The highest BCUT2D eigenvalue weighted by Crippen LogP contribution is 2.39. The molecule has 138 valence electrons. The standard InChI is InChI=1S/C23H25N3S/c1-23(2)14-19(13-20(15-23)21(16-24)17-25)4-3-18-5-7-22(8-6-18)26-9-11-27-12-10-26/h3-8,13H,9-12,14-15H2,1-2H3. The van der Waals surface area contributed by atoms with E-state index < -0.39 is 0 Å². The van der Waals surface area contributed by atoms with Crippen LogP contribution in [0.4, 0.5) is 5.69 Å². The maximum absolute atomic E-state index is 9.19. The zero-order valence-corrected chi connectivity index (χ0v) is 16.9. The SMILES string of the molecule is CC1(C)CC(C=Cc2ccc(N3CCSCC3)cc2)=CC(=C(C#N)C#N)C1. The molecule has 0 saturated carbocycles. The van der Waals surface area contributed by atoms with E-state index in [2.05, 4.69) is 55.2 Å². The molecule has 1 aromatic carbocycles. The van der Waals surface area contributed by atoms with E-state index in [1.165, 1.54) is 28.3 Å². The molecule has 1 heterocycles. The Kier molecular flexibility index (Phi) is 6.09. The van der Waals surface area contributed by atoms with Crippen molar-refractivity contribution in [2.45, 2.75) is 26.7 Å². The lowest BCUT2D eigenvalue weighted by molar-refractivity contribution is 0.354. The third-order valence-electron chi connectivity index (χ3n) is 5.02. The molecule has 1 fully saturated rings. The van der Waals surface area contributed by atoms with E-state index in [-0.39, 0.29) is 11.0 Å². The first-order chi connectivity index (χ1) is 13.0. The summed E-state index contributed by atoms with van der Waals surface area (Å²) in [5.74, 6) is 2.41. The van der Waals surface area contributed by atoms with E-state index in [1.54, 1.807) is 0 Å². The number of hydrogen-bond acceptors (Lipinski definition) is 4. The van der Waals surface area contributed by atoms with Gasteiger partial charge in [0.2, 0.25) is 0 Å². The predicted molar refractivity (Wildman–Crippen MR) is 114 cm³/mol. The van der Waals surface area contributed by atoms with Gasteiger partial charge in [-0.15, -0.1) is 0 Å². The smallest absolute Gasteiger partial charge is 0.132 e. The second kappa shape index (κ2) is 8.51. The molecule has 0 atom stereocenters. The molecule has 0 amide bonds. The first-order valence-corrected chi connectivity index (χ1v) is 10.5. The summed E-state index contributed by atoms with van der Waals surface area (Å²) in [5, 5.41) is 18.4. The first-order valence-electron chi connectivity index (χ1n) is 9.35. The summed E-state index contributed by atoms with van der Waals surface area (Å²) in [4.78, 5) is 2.44. The van der Waals surface area contributed by atoms with Gasteiger partial charge in [0.15, 0.2) is 0 Å². The van der Waals surface area contributed by atoms with Crippen molar-refractivity contribution >= 4 is 23.5 Å². The average Bonchev–Trinajstić information content (AvgIpc) is 2.67. The molecule has 0 aromatic heterocycles. The maximum atomic E-state index is 9.19. The summed E-state index contributed by atoms with van der Waals surface area (Å²) < 4.78 is 0. The third-order valence-corrected chi connectivity index (χ3v) is 5.96. The lowest BCUT2D eigenvalue weighted by Gasteiger charge is -2.30. The minimum Gasteiger partial charge on any atom is -0.370 e. The molecule has 0 bridgehead atoms. The van der Waals surface area contributed by atoms with Gasteiger partial charge in [0.25, 0.3) is 0 Å². The second-order valence-corrected chi connectivity index (χ2v) is 9.11. The molecule has 1 aromatic rings. The van der Waals surface area contributed by atoms with E-state index in [0.29, 0.717) is 0 Å². The fourth-order valence-electron chi connectivity index (χ4n) is 3.71. The zero-order valence-electron chi connectivity index (χ0n) is 16.0. The van der Waals surface area contributed by atoms with Gasteiger partial charge >= 0.3 is 0 Å². The maximum Gasteiger partial charge on any atom is 0.132 e. The number of nitrogens with zero attached hydrogens (tertiary/aromatic N) is 3. The van der Waals surface area contributed by atoms with Crippen LogP contribution in [0.15, 0.2) is 53.1 Å². The molecule has 27 heavy (non-hydrogen) atoms. The van der Waals surface area contributed by atoms with Crippen LogP contribution in [0.2, 0.25) is 0 Å². The number of thioether (sulfide) groups is 1.